The Labute approximate surface area is 172 Å². The minimum absolute atomic E-state index is 0.251. The van der Waals surface area contributed by atoms with E-state index < -0.39 is 5.92 Å². The second-order valence-corrected chi connectivity index (χ2v) is 6.26. The van der Waals surface area contributed by atoms with Gasteiger partial charge in [0.25, 0.3) is 0 Å². The normalized spacial score (nSPS) is 11.7. The van der Waals surface area contributed by atoms with Crippen LogP contribution in [0.2, 0.25) is 0 Å². The van der Waals surface area contributed by atoms with Gasteiger partial charge >= 0.3 is 5.97 Å². The van der Waals surface area contributed by atoms with Crippen LogP contribution in [0.15, 0.2) is 48.5 Å². The number of methoxy groups -OCH3 is 1. The molecular weight excluding hydrogens is 372 g/mol. The molecule has 0 heterocycles. The molecule has 2 rings (SSSR count). The zero-order valence-electron chi connectivity index (χ0n) is 17.4. The monoisotopic (exact) mass is 402 g/mol. The Bertz CT molecular complexity index is 731. The molecule has 29 heavy (non-hydrogen) atoms. The molecule has 0 N–H and O–H groups in total. The molecule has 2 aromatic rings. The van der Waals surface area contributed by atoms with Crippen molar-refractivity contribution in [2.45, 2.75) is 26.4 Å². The summed E-state index contributed by atoms with van der Waals surface area (Å²) in [7, 11) is 1.58. The van der Waals surface area contributed by atoms with E-state index in [1.54, 1.807) is 26.2 Å². The molecule has 158 valence electrons. The number of hydrogen-bond donors (Lipinski definition) is 0. The molecule has 0 aliphatic carbocycles. The molecule has 0 saturated carbocycles. The van der Waals surface area contributed by atoms with Crippen LogP contribution in [0.4, 0.5) is 0 Å². The Morgan fingerprint density at radius 1 is 0.931 bits per heavy atom. The average Bonchev–Trinajstić information content (AvgIpc) is 2.75. The maximum absolute atomic E-state index is 12.4. The van der Waals surface area contributed by atoms with Gasteiger partial charge in [-0.1, -0.05) is 36.4 Å². The van der Waals surface area contributed by atoms with Crippen LogP contribution >= 0.6 is 0 Å². The van der Waals surface area contributed by atoms with E-state index in [-0.39, 0.29) is 12.6 Å². The van der Waals surface area contributed by atoms with Gasteiger partial charge in [0.15, 0.2) is 11.5 Å². The number of esters is 1. The fraction of sp³-hybridized carbons (Fsp3) is 0.435. The first kappa shape index (κ1) is 22.7. The van der Waals surface area contributed by atoms with Crippen molar-refractivity contribution < 1.29 is 28.5 Å². The predicted octanol–water partition coefficient (Wildman–Crippen LogP) is 3.97. The maximum Gasteiger partial charge on any atom is 0.315 e. The zero-order valence-corrected chi connectivity index (χ0v) is 17.4. The predicted molar refractivity (Wildman–Crippen MR) is 110 cm³/mol. The molecule has 0 fully saturated rings. The summed E-state index contributed by atoms with van der Waals surface area (Å²) in [6, 6.07) is 15.4. The third-order valence-electron chi connectivity index (χ3n) is 4.25. The highest BCUT2D eigenvalue weighted by molar-refractivity contribution is 5.78. The summed E-state index contributed by atoms with van der Waals surface area (Å²) in [5.41, 5.74) is 1.87. The first-order valence-electron chi connectivity index (χ1n) is 9.86. The van der Waals surface area contributed by atoms with Gasteiger partial charge in [-0.05, 0) is 37.1 Å². The molecule has 6 nitrogen and oxygen atoms in total. The number of ether oxygens (including phenoxy) is 5. The topological polar surface area (TPSA) is 63.2 Å². The largest absolute Gasteiger partial charge is 0.493 e. The summed E-state index contributed by atoms with van der Waals surface area (Å²) in [6.07, 6.45) is 0. The van der Waals surface area contributed by atoms with Crippen molar-refractivity contribution in [1.29, 1.82) is 0 Å². The van der Waals surface area contributed by atoms with Gasteiger partial charge in [0, 0.05) is 6.61 Å². The van der Waals surface area contributed by atoms with E-state index in [2.05, 4.69) is 0 Å². The van der Waals surface area contributed by atoms with E-state index in [1.165, 1.54) is 0 Å². The number of carbonyl (C=O) groups is 1. The van der Waals surface area contributed by atoms with Gasteiger partial charge in [0.05, 0.1) is 33.5 Å². The van der Waals surface area contributed by atoms with E-state index in [4.69, 9.17) is 23.7 Å². The molecule has 0 amide bonds. The van der Waals surface area contributed by atoms with Crippen molar-refractivity contribution in [2.24, 2.45) is 0 Å². The van der Waals surface area contributed by atoms with E-state index in [0.717, 1.165) is 11.1 Å². The van der Waals surface area contributed by atoms with E-state index in [0.29, 0.717) is 44.5 Å². The number of rotatable bonds is 13. The Balaban J connectivity index is 1.99. The van der Waals surface area contributed by atoms with Gasteiger partial charge < -0.3 is 23.7 Å². The highest BCUT2D eigenvalue weighted by Crippen LogP contribution is 2.31. The first-order valence-corrected chi connectivity index (χ1v) is 9.86. The SMILES string of the molecule is CCOCC(C(=O)OCC)c1ccc(OC)c(OCCOCc2ccccc2)c1. The van der Waals surface area contributed by atoms with Gasteiger partial charge in [0.2, 0.25) is 0 Å². The molecule has 0 aliphatic heterocycles. The van der Waals surface area contributed by atoms with Crippen LogP contribution in [0.5, 0.6) is 11.5 Å². The molecule has 0 bridgehead atoms. The molecule has 0 spiro atoms. The van der Waals surface area contributed by atoms with Crippen molar-refractivity contribution >= 4 is 5.97 Å². The second kappa shape index (κ2) is 12.8. The van der Waals surface area contributed by atoms with Gasteiger partial charge in [0.1, 0.15) is 12.5 Å². The third kappa shape index (κ3) is 7.40. The molecule has 6 heteroatoms. The summed E-state index contributed by atoms with van der Waals surface area (Å²) in [6.45, 7) is 6.09. The Kier molecular flexibility index (Phi) is 10.0. The van der Waals surface area contributed by atoms with E-state index in [1.807, 2.05) is 43.3 Å². The zero-order chi connectivity index (χ0) is 20.9. The molecule has 0 aliphatic rings. The lowest BCUT2D eigenvalue weighted by atomic mass is 9.99. The number of benzene rings is 2. The van der Waals surface area contributed by atoms with Gasteiger partial charge in [-0.3, -0.25) is 4.79 Å². The third-order valence-corrected chi connectivity index (χ3v) is 4.25. The Hall–Kier alpha value is -2.57. The first-order chi connectivity index (χ1) is 14.2. The van der Waals surface area contributed by atoms with Crippen LogP contribution in [0.25, 0.3) is 0 Å². The Morgan fingerprint density at radius 2 is 1.72 bits per heavy atom. The van der Waals surface area contributed by atoms with Crippen molar-refractivity contribution in [3.8, 4) is 11.5 Å². The summed E-state index contributed by atoms with van der Waals surface area (Å²) in [5.74, 6) is 0.315. The molecule has 2 aromatic carbocycles. The molecular formula is C23H30O6. The minimum Gasteiger partial charge on any atom is -0.493 e. The lowest BCUT2D eigenvalue weighted by Gasteiger charge is -2.18. The Morgan fingerprint density at radius 3 is 2.41 bits per heavy atom. The van der Waals surface area contributed by atoms with Crippen molar-refractivity contribution in [3.05, 3.63) is 59.7 Å². The van der Waals surface area contributed by atoms with Gasteiger partial charge in [-0.2, -0.15) is 0 Å². The van der Waals surface area contributed by atoms with Crippen LogP contribution in [0.1, 0.15) is 30.9 Å². The molecule has 1 atom stereocenters. The summed E-state index contributed by atoms with van der Waals surface area (Å²) in [4.78, 5) is 12.4. The van der Waals surface area contributed by atoms with Crippen molar-refractivity contribution in [2.75, 3.05) is 40.1 Å². The highest BCUT2D eigenvalue weighted by atomic mass is 16.5. The summed E-state index contributed by atoms with van der Waals surface area (Å²) in [5, 5.41) is 0. The highest BCUT2D eigenvalue weighted by Gasteiger charge is 2.23. The number of hydrogen-bond acceptors (Lipinski definition) is 6. The van der Waals surface area contributed by atoms with Crippen LogP contribution in [0.3, 0.4) is 0 Å². The van der Waals surface area contributed by atoms with Gasteiger partial charge in [-0.25, -0.2) is 0 Å². The fourth-order valence-corrected chi connectivity index (χ4v) is 2.78. The quantitative estimate of drug-likeness (QED) is 0.373. The summed E-state index contributed by atoms with van der Waals surface area (Å²) < 4.78 is 27.6. The lowest BCUT2D eigenvalue weighted by Crippen LogP contribution is -2.21. The fourth-order valence-electron chi connectivity index (χ4n) is 2.78. The molecule has 0 aromatic heterocycles. The van der Waals surface area contributed by atoms with Crippen LogP contribution in [-0.2, 0) is 25.6 Å². The maximum atomic E-state index is 12.4. The standard InChI is InChI=1S/C23H30O6/c1-4-26-17-20(23(24)28-5-2)19-11-12-21(25-3)22(15-19)29-14-13-27-16-18-9-7-6-8-10-18/h6-12,15,20H,4-5,13-14,16-17H2,1-3H3. The average molecular weight is 402 g/mol. The lowest BCUT2D eigenvalue weighted by molar-refractivity contribution is -0.146. The van der Waals surface area contributed by atoms with Gasteiger partial charge in [-0.15, -0.1) is 0 Å². The molecule has 1 unspecified atom stereocenters. The summed E-state index contributed by atoms with van der Waals surface area (Å²) >= 11 is 0. The van der Waals surface area contributed by atoms with Crippen LogP contribution in [-0.4, -0.2) is 46.1 Å². The van der Waals surface area contributed by atoms with Crippen molar-refractivity contribution in [3.63, 3.8) is 0 Å². The van der Waals surface area contributed by atoms with E-state index >= 15 is 0 Å². The second-order valence-electron chi connectivity index (χ2n) is 6.26. The van der Waals surface area contributed by atoms with Crippen LogP contribution < -0.4 is 9.47 Å². The minimum atomic E-state index is -0.516. The smallest absolute Gasteiger partial charge is 0.315 e. The van der Waals surface area contributed by atoms with Crippen LogP contribution in [0, 0.1) is 0 Å². The molecule has 0 saturated heterocycles. The van der Waals surface area contributed by atoms with E-state index in [9.17, 15) is 4.79 Å². The van der Waals surface area contributed by atoms with Crippen molar-refractivity contribution in [1.82, 2.24) is 0 Å². The number of carbonyl (C=O) groups excluding carboxylic acids is 1. The molecule has 0 radical (unpaired) electrons.